The quantitative estimate of drug-likeness (QED) is 0.592. The maximum Gasteiger partial charge on any atom is 0.244 e. The number of ether oxygens (including phenoxy) is 2. The number of aromatic nitrogens is 4. The van der Waals surface area contributed by atoms with Crippen LogP contribution in [0.5, 0.6) is 5.75 Å². The second kappa shape index (κ2) is 9.48. The molecule has 0 bridgehead atoms. The molecule has 0 saturated carbocycles. The minimum absolute atomic E-state index is 0.00978. The Hall–Kier alpha value is -3.26. The molecule has 3 aromatic rings. The Morgan fingerprint density at radius 2 is 2.00 bits per heavy atom. The van der Waals surface area contributed by atoms with Gasteiger partial charge in [-0.2, -0.15) is 5.10 Å². The van der Waals surface area contributed by atoms with E-state index >= 15 is 0 Å². The highest BCUT2D eigenvalue weighted by Gasteiger charge is 2.27. The highest BCUT2D eigenvalue weighted by atomic mass is 16.5. The largest absolute Gasteiger partial charge is 0.497 e. The van der Waals surface area contributed by atoms with Crippen molar-refractivity contribution < 1.29 is 14.3 Å². The van der Waals surface area contributed by atoms with Crippen molar-refractivity contribution in [3.8, 4) is 5.75 Å². The molecule has 1 amide bonds. The van der Waals surface area contributed by atoms with Crippen LogP contribution in [0.4, 0.5) is 0 Å². The lowest BCUT2D eigenvalue weighted by atomic mass is 10.0. The lowest BCUT2D eigenvalue weighted by Crippen LogP contribution is -2.44. The van der Waals surface area contributed by atoms with Gasteiger partial charge in [0.15, 0.2) is 0 Å². The van der Waals surface area contributed by atoms with Crippen LogP contribution < -0.4 is 4.74 Å². The zero-order chi connectivity index (χ0) is 22.7. The Morgan fingerprint density at radius 3 is 2.75 bits per heavy atom. The highest BCUT2D eigenvalue weighted by molar-refractivity contribution is 5.76. The van der Waals surface area contributed by atoms with Gasteiger partial charge in [-0.05, 0) is 62.6 Å². The fourth-order valence-electron chi connectivity index (χ4n) is 4.05. The van der Waals surface area contributed by atoms with Gasteiger partial charge < -0.3 is 14.4 Å². The van der Waals surface area contributed by atoms with Crippen molar-refractivity contribution in [1.29, 1.82) is 0 Å². The predicted octanol–water partition coefficient (Wildman–Crippen LogP) is 2.80. The monoisotopic (exact) mass is 435 g/mol. The summed E-state index contributed by atoms with van der Waals surface area (Å²) in [4.78, 5) is 23.7. The van der Waals surface area contributed by atoms with Crippen LogP contribution >= 0.6 is 0 Å². The van der Waals surface area contributed by atoms with Gasteiger partial charge in [0.05, 0.1) is 26.0 Å². The molecule has 1 aliphatic rings. The molecule has 0 N–H and O–H groups in total. The van der Waals surface area contributed by atoms with E-state index in [1.54, 1.807) is 11.8 Å². The SMILES string of the molecule is COc1cccc(Cc2cc(C)nc([C@H]3CN(C(=O)Cn4nc(C)nc4C)CCO3)c2)c1. The first-order chi connectivity index (χ1) is 15.4. The van der Waals surface area contributed by atoms with E-state index in [0.717, 1.165) is 34.9 Å². The number of carbonyl (C=O) groups is 1. The normalized spacial score (nSPS) is 16.2. The van der Waals surface area contributed by atoms with Crippen molar-refractivity contribution in [2.75, 3.05) is 26.8 Å². The molecule has 32 heavy (non-hydrogen) atoms. The second-order valence-electron chi connectivity index (χ2n) is 8.13. The van der Waals surface area contributed by atoms with Crippen LogP contribution in [-0.4, -0.2) is 57.4 Å². The number of benzene rings is 1. The summed E-state index contributed by atoms with van der Waals surface area (Å²) < 4.78 is 13.0. The van der Waals surface area contributed by atoms with Gasteiger partial charge in [-0.1, -0.05) is 12.1 Å². The minimum Gasteiger partial charge on any atom is -0.497 e. The Kier molecular flexibility index (Phi) is 6.50. The molecule has 2 aromatic heterocycles. The molecule has 1 aromatic carbocycles. The van der Waals surface area contributed by atoms with Gasteiger partial charge in [0.1, 0.15) is 30.0 Å². The molecule has 1 atom stereocenters. The number of nitrogens with zero attached hydrogens (tertiary/aromatic N) is 5. The fourth-order valence-corrected chi connectivity index (χ4v) is 4.05. The third kappa shape index (κ3) is 5.13. The molecule has 0 radical (unpaired) electrons. The molecule has 3 heterocycles. The number of aryl methyl sites for hydroxylation is 3. The number of morpholine rings is 1. The lowest BCUT2D eigenvalue weighted by Gasteiger charge is -2.33. The minimum atomic E-state index is -0.254. The summed E-state index contributed by atoms with van der Waals surface area (Å²) >= 11 is 0. The maximum absolute atomic E-state index is 12.9. The first kappa shape index (κ1) is 22.0. The zero-order valence-electron chi connectivity index (χ0n) is 19.0. The fraction of sp³-hybridized carbons (Fsp3) is 0.417. The van der Waals surface area contributed by atoms with Crippen molar-refractivity contribution in [1.82, 2.24) is 24.6 Å². The van der Waals surface area contributed by atoms with Gasteiger partial charge in [-0.3, -0.25) is 9.78 Å². The maximum atomic E-state index is 12.9. The predicted molar refractivity (Wildman–Crippen MR) is 120 cm³/mol. The molecule has 1 aliphatic heterocycles. The highest BCUT2D eigenvalue weighted by Crippen LogP contribution is 2.24. The van der Waals surface area contributed by atoms with Crippen LogP contribution in [-0.2, 0) is 22.5 Å². The van der Waals surface area contributed by atoms with Crippen LogP contribution in [0.1, 0.15) is 40.3 Å². The molecule has 8 heteroatoms. The summed E-state index contributed by atoms with van der Waals surface area (Å²) in [5.41, 5.74) is 4.11. The number of carbonyl (C=O) groups excluding carboxylic acids is 1. The molecule has 0 unspecified atom stereocenters. The van der Waals surface area contributed by atoms with E-state index in [9.17, 15) is 4.79 Å². The number of amides is 1. The molecule has 4 rings (SSSR count). The van der Waals surface area contributed by atoms with Gasteiger partial charge in [0, 0.05) is 12.2 Å². The van der Waals surface area contributed by atoms with Crippen molar-refractivity contribution in [3.63, 3.8) is 0 Å². The van der Waals surface area contributed by atoms with Gasteiger partial charge in [0.2, 0.25) is 5.91 Å². The van der Waals surface area contributed by atoms with Crippen LogP contribution in [0.15, 0.2) is 36.4 Å². The van der Waals surface area contributed by atoms with E-state index in [1.165, 1.54) is 5.56 Å². The van der Waals surface area contributed by atoms with Crippen LogP contribution in [0.25, 0.3) is 0 Å². The average Bonchev–Trinajstić information content (AvgIpc) is 3.10. The van der Waals surface area contributed by atoms with Crippen molar-refractivity contribution >= 4 is 5.91 Å². The number of rotatable bonds is 6. The van der Waals surface area contributed by atoms with E-state index < -0.39 is 0 Å². The second-order valence-corrected chi connectivity index (χ2v) is 8.13. The van der Waals surface area contributed by atoms with Gasteiger partial charge in [0.25, 0.3) is 0 Å². The molecular weight excluding hydrogens is 406 g/mol. The first-order valence-corrected chi connectivity index (χ1v) is 10.8. The summed E-state index contributed by atoms with van der Waals surface area (Å²) in [7, 11) is 1.67. The van der Waals surface area contributed by atoms with E-state index in [2.05, 4.69) is 28.3 Å². The summed E-state index contributed by atoms with van der Waals surface area (Å²) in [6, 6.07) is 12.2. The Morgan fingerprint density at radius 1 is 1.16 bits per heavy atom. The number of hydrogen-bond acceptors (Lipinski definition) is 6. The van der Waals surface area contributed by atoms with Crippen LogP contribution in [0.2, 0.25) is 0 Å². The molecule has 1 fully saturated rings. The van der Waals surface area contributed by atoms with E-state index in [1.807, 2.05) is 43.9 Å². The molecule has 0 spiro atoms. The summed E-state index contributed by atoms with van der Waals surface area (Å²) in [6.45, 7) is 7.36. The van der Waals surface area contributed by atoms with Crippen LogP contribution in [0, 0.1) is 20.8 Å². The van der Waals surface area contributed by atoms with Gasteiger partial charge in [-0.25, -0.2) is 9.67 Å². The molecule has 168 valence electrons. The third-order valence-corrected chi connectivity index (χ3v) is 5.57. The Bertz CT molecular complexity index is 1110. The van der Waals surface area contributed by atoms with E-state index in [4.69, 9.17) is 14.5 Å². The molecule has 0 aliphatic carbocycles. The molecular formula is C24H29N5O3. The number of methoxy groups -OCH3 is 1. The van der Waals surface area contributed by atoms with Crippen LogP contribution in [0.3, 0.4) is 0 Å². The van der Waals surface area contributed by atoms with Gasteiger partial charge >= 0.3 is 0 Å². The Labute approximate surface area is 188 Å². The topological polar surface area (TPSA) is 82.4 Å². The standard InChI is InChI=1S/C24H29N5O3/c1-16-10-20(11-19-6-5-7-21(12-19)31-4)13-22(25-16)23-14-28(8-9-32-23)24(30)15-29-18(3)26-17(2)27-29/h5-7,10,12-13,23H,8-9,11,14-15H2,1-4H3/t23-/m1/s1. The Balaban J connectivity index is 1.47. The summed E-state index contributed by atoms with van der Waals surface area (Å²) in [6.07, 6.45) is 0.517. The van der Waals surface area contributed by atoms with Gasteiger partial charge in [-0.15, -0.1) is 0 Å². The smallest absolute Gasteiger partial charge is 0.244 e. The first-order valence-electron chi connectivity index (χ1n) is 10.8. The van der Waals surface area contributed by atoms with Crippen molar-refractivity contribution in [2.24, 2.45) is 0 Å². The van der Waals surface area contributed by atoms with Crippen molar-refractivity contribution in [3.05, 3.63) is 70.6 Å². The number of pyridine rings is 1. The molecule has 1 saturated heterocycles. The van der Waals surface area contributed by atoms with E-state index in [-0.39, 0.29) is 18.6 Å². The van der Waals surface area contributed by atoms with Crippen molar-refractivity contribution in [2.45, 2.75) is 39.8 Å². The number of hydrogen-bond donors (Lipinski definition) is 0. The lowest BCUT2D eigenvalue weighted by molar-refractivity contribution is -0.140. The van der Waals surface area contributed by atoms with E-state index in [0.29, 0.717) is 25.5 Å². The average molecular weight is 436 g/mol. The molecule has 8 nitrogen and oxygen atoms in total. The zero-order valence-corrected chi connectivity index (χ0v) is 19.0. The third-order valence-electron chi connectivity index (χ3n) is 5.57. The summed E-state index contributed by atoms with van der Waals surface area (Å²) in [5, 5.41) is 4.30. The summed E-state index contributed by atoms with van der Waals surface area (Å²) in [5.74, 6) is 2.26.